The van der Waals surface area contributed by atoms with Gasteiger partial charge in [-0.05, 0) is 24.8 Å². The highest BCUT2D eigenvalue weighted by atomic mass is 32.2. The van der Waals surface area contributed by atoms with Gasteiger partial charge in [-0.2, -0.15) is 0 Å². The lowest BCUT2D eigenvalue weighted by Crippen LogP contribution is -2.12. The number of thioether (sulfide) groups is 1. The molecule has 1 N–H and O–H groups in total. The zero-order valence-corrected chi connectivity index (χ0v) is 15.5. The van der Waals surface area contributed by atoms with E-state index >= 15 is 0 Å². The highest BCUT2D eigenvalue weighted by Crippen LogP contribution is 2.32. The van der Waals surface area contributed by atoms with E-state index < -0.39 is 0 Å². The van der Waals surface area contributed by atoms with Gasteiger partial charge >= 0.3 is 0 Å². The summed E-state index contributed by atoms with van der Waals surface area (Å²) in [6.07, 6.45) is 1.08. The molecule has 3 heterocycles. The molecule has 4 nitrogen and oxygen atoms in total. The standard InChI is InChI=1S/C14H16N4S4/c1-3-9(2)15-13-17-18-14(22-13)21-8-10-7-20-12(16-10)11-5-4-6-19-11/h4-7,9H,3,8H2,1-2H3,(H,15,17)/t9-/m0/s1. The van der Waals surface area contributed by atoms with Gasteiger partial charge in [-0.1, -0.05) is 36.1 Å². The molecule has 0 aliphatic rings. The number of anilines is 1. The lowest BCUT2D eigenvalue weighted by Gasteiger charge is -2.07. The van der Waals surface area contributed by atoms with Gasteiger partial charge in [0, 0.05) is 17.2 Å². The Hall–Kier alpha value is -0.960. The Morgan fingerprint density at radius 1 is 1.32 bits per heavy atom. The predicted molar refractivity (Wildman–Crippen MR) is 98.3 cm³/mol. The average molecular weight is 369 g/mol. The van der Waals surface area contributed by atoms with Crippen LogP contribution in [0.3, 0.4) is 0 Å². The van der Waals surface area contributed by atoms with Gasteiger partial charge in [0.15, 0.2) is 4.34 Å². The van der Waals surface area contributed by atoms with Gasteiger partial charge in [-0.15, -0.1) is 32.9 Å². The van der Waals surface area contributed by atoms with Crippen molar-refractivity contribution in [2.75, 3.05) is 5.32 Å². The van der Waals surface area contributed by atoms with E-state index in [1.807, 2.05) is 0 Å². The molecule has 0 spiro atoms. The summed E-state index contributed by atoms with van der Waals surface area (Å²) >= 11 is 6.73. The number of hydrogen-bond acceptors (Lipinski definition) is 8. The summed E-state index contributed by atoms with van der Waals surface area (Å²) in [5, 5.41) is 18.0. The van der Waals surface area contributed by atoms with Crippen LogP contribution in [-0.4, -0.2) is 21.2 Å². The first-order valence-corrected chi connectivity index (χ1v) is 10.5. The van der Waals surface area contributed by atoms with Crippen molar-refractivity contribution in [2.24, 2.45) is 0 Å². The molecule has 0 radical (unpaired) electrons. The second-order valence-electron chi connectivity index (χ2n) is 4.74. The predicted octanol–water partition coefficient (Wildman–Crippen LogP) is 5.23. The van der Waals surface area contributed by atoms with Crippen LogP contribution in [0.4, 0.5) is 5.13 Å². The molecule has 0 aliphatic heterocycles. The Morgan fingerprint density at radius 3 is 3.00 bits per heavy atom. The minimum Gasteiger partial charge on any atom is -0.358 e. The SMILES string of the molecule is CC[C@H](C)Nc1nnc(SCc2csc(-c3cccs3)n2)s1. The van der Waals surface area contributed by atoms with E-state index in [0.717, 1.165) is 32.3 Å². The van der Waals surface area contributed by atoms with Crippen LogP contribution in [0.25, 0.3) is 9.88 Å². The fourth-order valence-electron chi connectivity index (χ4n) is 1.66. The molecule has 0 saturated heterocycles. The van der Waals surface area contributed by atoms with E-state index in [1.54, 1.807) is 45.8 Å². The van der Waals surface area contributed by atoms with Crippen molar-refractivity contribution < 1.29 is 0 Å². The monoisotopic (exact) mass is 368 g/mol. The lowest BCUT2D eigenvalue weighted by molar-refractivity contribution is 0.759. The first kappa shape index (κ1) is 15.9. The molecule has 0 unspecified atom stereocenters. The smallest absolute Gasteiger partial charge is 0.206 e. The summed E-state index contributed by atoms with van der Waals surface area (Å²) in [6, 6.07) is 4.60. The number of thiazole rings is 1. The lowest BCUT2D eigenvalue weighted by atomic mass is 10.3. The maximum Gasteiger partial charge on any atom is 0.206 e. The van der Waals surface area contributed by atoms with Crippen LogP contribution >= 0.6 is 45.8 Å². The Balaban J connectivity index is 1.56. The van der Waals surface area contributed by atoms with Crippen LogP contribution < -0.4 is 5.32 Å². The van der Waals surface area contributed by atoms with Crippen LogP contribution in [0, 0.1) is 0 Å². The minimum absolute atomic E-state index is 0.428. The molecule has 8 heteroatoms. The van der Waals surface area contributed by atoms with E-state index in [1.165, 1.54) is 4.88 Å². The quantitative estimate of drug-likeness (QED) is 0.579. The van der Waals surface area contributed by atoms with Gasteiger partial charge in [0.1, 0.15) is 5.01 Å². The normalized spacial score (nSPS) is 12.5. The van der Waals surface area contributed by atoms with Gasteiger partial charge in [-0.3, -0.25) is 0 Å². The third-order valence-electron chi connectivity index (χ3n) is 3.02. The Labute approximate surface area is 146 Å². The van der Waals surface area contributed by atoms with Crippen molar-refractivity contribution in [3.8, 4) is 9.88 Å². The highest BCUT2D eigenvalue weighted by molar-refractivity contribution is 8.00. The minimum atomic E-state index is 0.428. The van der Waals surface area contributed by atoms with E-state index in [9.17, 15) is 0 Å². The molecular formula is C14H16N4S4. The van der Waals surface area contributed by atoms with Crippen molar-refractivity contribution >= 4 is 50.9 Å². The van der Waals surface area contributed by atoms with Crippen molar-refractivity contribution in [1.29, 1.82) is 0 Å². The summed E-state index contributed by atoms with van der Waals surface area (Å²) in [5.74, 6) is 0.833. The van der Waals surface area contributed by atoms with Gasteiger partial charge in [0.25, 0.3) is 0 Å². The van der Waals surface area contributed by atoms with E-state index in [0.29, 0.717) is 6.04 Å². The number of thiophene rings is 1. The topological polar surface area (TPSA) is 50.7 Å². The maximum atomic E-state index is 4.69. The summed E-state index contributed by atoms with van der Waals surface area (Å²) in [7, 11) is 0. The van der Waals surface area contributed by atoms with Crippen LogP contribution in [0.15, 0.2) is 27.2 Å². The molecular weight excluding hydrogens is 352 g/mol. The maximum absolute atomic E-state index is 4.69. The van der Waals surface area contributed by atoms with Gasteiger partial charge < -0.3 is 5.32 Å². The summed E-state index contributed by atoms with van der Waals surface area (Å²) in [6.45, 7) is 4.30. The fourth-order valence-corrected chi connectivity index (χ4v) is 5.16. The Kier molecular flexibility index (Phi) is 5.46. The molecule has 3 aromatic heterocycles. The Bertz CT molecular complexity index is 704. The van der Waals surface area contributed by atoms with Crippen molar-refractivity contribution in [3.05, 3.63) is 28.6 Å². The molecule has 0 saturated carbocycles. The number of aromatic nitrogens is 3. The van der Waals surface area contributed by atoms with Crippen LogP contribution in [0.1, 0.15) is 26.0 Å². The van der Waals surface area contributed by atoms with Crippen LogP contribution in [0.2, 0.25) is 0 Å². The fraction of sp³-hybridized carbons (Fsp3) is 0.357. The third kappa shape index (κ3) is 4.07. The molecule has 0 aliphatic carbocycles. The molecule has 0 fully saturated rings. The summed E-state index contributed by atoms with van der Waals surface area (Å²) in [5.41, 5.74) is 1.10. The summed E-state index contributed by atoms with van der Waals surface area (Å²) < 4.78 is 0.983. The second kappa shape index (κ2) is 7.54. The van der Waals surface area contributed by atoms with E-state index in [-0.39, 0.29) is 0 Å². The molecule has 116 valence electrons. The van der Waals surface area contributed by atoms with Crippen molar-refractivity contribution in [2.45, 2.75) is 36.4 Å². The van der Waals surface area contributed by atoms with Gasteiger partial charge in [-0.25, -0.2) is 4.98 Å². The second-order valence-corrected chi connectivity index (χ2v) is 8.74. The number of nitrogens with one attached hydrogen (secondary N) is 1. The molecule has 0 amide bonds. The average Bonchev–Trinajstić information content (AvgIpc) is 3.26. The van der Waals surface area contributed by atoms with E-state index in [2.05, 4.69) is 57.2 Å². The third-order valence-corrected chi connectivity index (χ3v) is 6.97. The molecule has 3 aromatic rings. The largest absolute Gasteiger partial charge is 0.358 e. The van der Waals surface area contributed by atoms with Crippen molar-refractivity contribution in [1.82, 2.24) is 15.2 Å². The number of nitrogens with zero attached hydrogens (tertiary/aromatic N) is 3. The van der Waals surface area contributed by atoms with Crippen LogP contribution in [0.5, 0.6) is 0 Å². The first-order valence-electron chi connectivity index (χ1n) is 6.95. The Morgan fingerprint density at radius 2 is 2.23 bits per heavy atom. The van der Waals surface area contributed by atoms with Gasteiger partial charge in [0.05, 0.1) is 10.6 Å². The van der Waals surface area contributed by atoms with Gasteiger partial charge in [0.2, 0.25) is 5.13 Å². The number of rotatable bonds is 7. The number of hydrogen-bond donors (Lipinski definition) is 1. The molecule has 3 rings (SSSR count). The molecule has 22 heavy (non-hydrogen) atoms. The zero-order chi connectivity index (χ0) is 15.4. The first-order chi connectivity index (χ1) is 10.7. The highest BCUT2D eigenvalue weighted by Gasteiger charge is 2.09. The zero-order valence-electron chi connectivity index (χ0n) is 12.3. The van der Waals surface area contributed by atoms with Crippen LogP contribution in [-0.2, 0) is 5.75 Å². The van der Waals surface area contributed by atoms with Crippen molar-refractivity contribution in [3.63, 3.8) is 0 Å². The molecule has 0 bridgehead atoms. The van der Waals surface area contributed by atoms with E-state index in [4.69, 9.17) is 0 Å². The molecule has 0 aromatic carbocycles. The summed E-state index contributed by atoms with van der Waals surface area (Å²) in [4.78, 5) is 5.92. The molecule has 1 atom stereocenters.